The van der Waals surface area contributed by atoms with Gasteiger partial charge in [0, 0.05) is 30.2 Å². The summed E-state index contributed by atoms with van der Waals surface area (Å²) in [5, 5.41) is 14.1. The van der Waals surface area contributed by atoms with E-state index in [4.69, 9.17) is 11.1 Å². The Balaban J connectivity index is 2.07. The van der Waals surface area contributed by atoms with Crippen LogP contribution < -0.4 is 10.6 Å². The maximum absolute atomic E-state index is 7.72. The molecule has 3 aromatic rings. The highest BCUT2D eigenvalue weighted by atomic mass is 32.1. The van der Waals surface area contributed by atoms with E-state index in [2.05, 4.69) is 34.8 Å². The zero-order valence-corrected chi connectivity index (χ0v) is 12.7. The highest BCUT2D eigenvalue weighted by Gasteiger charge is 2.11. The third-order valence-electron chi connectivity index (χ3n) is 3.60. The zero-order valence-electron chi connectivity index (χ0n) is 11.8. The van der Waals surface area contributed by atoms with Gasteiger partial charge in [-0.2, -0.15) is 11.3 Å². The zero-order chi connectivity index (χ0) is 14.8. The van der Waals surface area contributed by atoms with Gasteiger partial charge in [0.1, 0.15) is 5.84 Å². The summed E-state index contributed by atoms with van der Waals surface area (Å²) in [6.07, 6.45) is 0. The van der Waals surface area contributed by atoms with Crippen LogP contribution in [-0.4, -0.2) is 12.9 Å². The second-order valence-corrected chi connectivity index (χ2v) is 5.86. The highest BCUT2D eigenvalue weighted by Crippen LogP contribution is 2.29. The molecule has 0 bridgehead atoms. The van der Waals surface area contributed by atoms with Gasteiger partial charge in [0.25, 0.3) is 0 Å². The van der Waals surface area contributed by atoms with E-state index in [1.54, 1.807) is 11.3 Å². The van der Waals surface area contributed by atoms with E-state index in [1.807, 2.05) is 30.3 Å². The predicted molar refractivity (Wildman–Crippen MR) is 91.4 cm³/mol. The van der Waals surface area contributed by atoms with Gasteiger partial charge < -0.3 is 10.6 Å². The maximum atomic E-state index is 7.72. The average Bonchev–Trinajstić information content (AvgIpc) is 2.98. The van der Waals surface area contributed by atoms with Crippen molar-refractivity contribution in [2.45, 2.75) is 6.54 Å². The quantitative estimate of drug-likeness (QED) is 0.568. The van der Waals surface area contributed by atoms with Crippen molar-refractivity contribution in [2.75, 3.05) is 11.9 Å². The van der Waals surface area contributed by atoms with Crippen LogP contribution in [0.4, 0.5) is 5.69 Å². The molecule has 0 spiro atoms. The summed E-state index contributed by atoms with van der Waals surface area (Å²) >= 11 is 1.72. The summed E-state index contributed by atoms with van der Waals surface area (Å²) in [4.78, 5) is 2.23. The number of fused-ring (bicyclic) bond motifs is 1. The van der Waals surface area contributed by atoms with Crippen LogP contribution >= 0.6 is 11.3 Å². The number of hydrogen-bond donors (Lipinski definition) is 2. The molecule has 0 aliphatic rings. The lowest BCUT2D eigenvalue weighted by molar-refractivity contribution is 0.933. The number of nitrogens with two attached hydrogens (primary N) is 1. The summed E-state index contributed by atoms with van der Waals surface area (Å²) in [6, 6.07) is 14.2. The molecule has 0 unspecified atom stereocenters. The van der Waals surface area contributed by atoms with Crippen molar-refractivity contribution in [1.29, 1.82) is 5.41 Å². The molecule has 0 atom stereocenters. The molecular formula is C17H17N3S. The third kappa shape index (κ3) is 2.62. The Morgan fingerprint density at radius 2 is 1.90 bits per heavy atom. The van der Waals surface area contributed by atoms with Crippen molar-refractivity contribution in [3.8, 4) is 0 Å². The van der Waals surface area contributed by atoms with E-state index in [-0.39, 0.29) is 5.84 Å². The van der Waals surface area contributed by atoms with Gasteiger partial charge in [-0.1, -0.05) is 24.3 Å². The first-order chi connectivity index (χ1) is 10.2. The largest absolute Gasteiger partial charge is 0.384 e. The van der Waals surface area contributed by atoms with Crippen LogP contribution in [0.1, 0.15) is 11.1 Å². The van der Waals surface area contributed by atoms with E-state index in [9.17, 15) is 0 Å². The Kier molecular flexibility index (Phi) is 3.62. The standard InChI is InChI=1S/C17H17N3S/c1-20(10-12-8-9-21-11-12)16-7-6-15(17(18)19)13-4-2-3-5-14(13)16/h2-9,11H,10H2,1H3,(H3,18,19). The molecule has 0 aliphatic heterocycles. The van der Waals surface area contributed by atoms with Crippen molar-refractivity contribution in [3.63, 3.8) is 0 Å². The summed E-state index contributed by atoms with van der Waals surface area (Å²) in [6.45, 7) is 0.868. The summed E-state index contributed by atoms with van der Waals surface area (Å²) in [7, 11) is 2.09. The molecule has 0 aliphatic carbocycles. The van der Waals surface area contributed by atoms with Crippen LogP contribution in [0.15, 0.2) is 53.2 Å². The van der Waals surface area contributed by atoms with Crippen LogP contribution in [-0.2, 0) is 6.54 Å². The molecule has 0 fully saturated rings. The molecule has 3 nitrogen and oxygen atoms in total. The summed E-state index contributed by atoms with van der Waals surface area (Å²) in [5.41, 5.74) is 8.94. The van der Waals surface area contributed by atoms with Crippen LogP contribution in [0.3, 0.4) is 0 Å². The number of thiophene rings is 1. The van der Waals surface area contributed by atoms with Crippen molar-refractivity contribution in [2.24, 2.45) is 5.73 Å². The third-order valence-corrected chi connectivity index (χ3v) is 4.33. The molecule has 0 saturated carbocycles. The summed E-state index contributed by atoms with van der Waals surface area (Å²) in [5.74, 6) is 0.109. The Bertz CT molecular complexity index is 778. The minimum Gasteiger partial charge on any atom is -0.384 e. The monoisotopic (exact) mass is 295 g/mol. The van der Waals surface area contributed by atoms with Gasteiger partial charge in [0.15, 0.2) is 0 Å². The van der Waals surface area contributed by atoms with Crippen LogP contribution in [0.25, 0.3) is 10.8 Å². The molecule has 4 heteroatoms. The lowest BCUT2D eigenvalue weighted by Gasteiger charge is -2.21. The predicted octanol–water partition coefficient (Wildman–Crippen LogP) is 3.82. The van der Waals surface area contributed by atoms with E-state index >= 15 is 0 Å². The Hall–Kier alpha value is -2.33. The van der Waals surface area contributed by atoms with Crippen LogP contribution in [0, 0.1) is 5.41 Å². The van der Waals surface area contributed by atoms with Gasteiger partial charge in [0.05, 0.1) is 0 Å². The Labute approximate surface area is 128 Å². The number of anilines is 1. The summed E-state index contributed by atoms with van der Waals surface area (Å²) < 4.78 is 0. The first kappa shape index (κ1) is 13.6. The molecular weight excluding hydrogens is 278 g/mol. The number of hydrogen-bond acceptors (Lipinski definition) is 3. The molecule has 1 aromatic heterocycles. The van der Waals surface area contributed by atoms with E-state index in [0.29, 0.717) is 0 Å². The van der Waals surface area contributed by atoms with E-state index in [0.717, 1.165) is 28.6 Å². The molecule has 3 N–H and O–H groups in total. The fourth-order valence-electron chi connectivity index (χ4n) is 2.59. The lowest BCUT2D eigenvalue weighted by atomic mass is 10.0. The molecule has 3 rings (SSSR count). The number of rotatable bonds is 4. The lowest BCUT2D eigenvalue weighted by Crippen LogP contribution is -2.17. The fraction of sp³-hybridized carbons (Fsp3) is 0.118. The van der Waals surface area contributed by atoms with Crippen molar-refractivity contribution in [1.82, 2.24) is 0 Å². The van der Waals surface area contributed by atoms with Gasteiger partial charge >= 0.3 is 0 Å². The van der Waals surface area contributed by atoms with Gasteiger partial charge in [-0.05, 0) is 39.9 Å². The van der Waals surface area contributed by atoms with Crippen molar-refractivity contribution < 1.29 is 0 Å². The normalized spacial score (nSPS) is 10.7. The average molecular weight is 295 g/mol. The molecule has 2 aromatic carbocycles. The Morgan fingerprint density at radius 3 is 2.57 bits per heavy atom. The van der Waals surface area contributed by atoms with Crippen molar-refractivity contribution >= 4 is 33.6 Å². The fourth-order valence-corrected chi connectivity index (χ4v) is 3.25. The molecule has 106 valence electrons. The highest BCUT2D eigenvalue weighted by molar-refractivity contribution is 7.07. The number of nitrogen functional groups attached to an aromatic ring is 1. The molecule has 21 heavy (non-hydrogen) atoms. The number of amidine groups is 1. The smallest absolute Gasteiger partial charge is 0.123 e. The number of benzene rings is 2. The van der Waals surface area contributed by atoms with E-state index in [1.165, 1.54) is 5.56 Å². The minimum atomic E-state index is 0.109. The second-order valence-electron chi connectivity index (χ2n) is 5.08. The first-order valence-electron chi connectivity index (χ1n) is 6.75. The Morgan fingerprint density at radius 1 is 1.14 bits per heavy atom. The minimum absolute atomic E-state index is 0.109. The van der Waals surface area contributed by atoms with Gasteiger partial charge in [-0.15, -0.1) is 0 Å². The maximum Gasteiger partial charge on any atom is 0.123 e. The molecule has 1 heterocycles. The molecule has 0 amide bonds. The van der Waals surface area contributed by atoms with Crippen LogP contribution in [0.5, 0.6) is 0 Å². The van der Waals surface area contributed by atoms with Gasteiger partial charge in [0.2, 0.25) is 0 Å². The van der Waals surface area contributed by atoms with Crippen molar-refractivity contribution in [3.05, 3.63) is 64.4 Å². The molecule has 0 saturated heterocycles. The number of nitrogens with zero attached hydrogens (tertiary/aromatic N) is 1. The van der Waals surface area contributed by atoms with E-state index < -0.39 is 0 Å². The van der Waals surface area contributed by atoms with Crippen LogP contribution in [0.2, 0.25) is 0 Å². The topological polar surface area (TPSA) is 53.1 Å². The first-order valence-corrected chi connectivity index (χ1v) is 7.69. The number of nitrogens with one attached hydrogen (secondary N) is 1. The molecule has 0 radical (unpaired) electrons. The van der Waals surface area contributed by atoms with Gasteiger partial charge in [-0.3, -0.25) is 5.41 Å². The SMILES string of the molecule is CN(Cc1ccsc1)c1ccc(C(=N)N)c2ccccc12. The second kappa shape index (κ2) is 5.58. The van der Waals surface area contributed by atoms with Gasteiger partial charge in [-0.25, -0.2) is 0 Å².